The maximum atomic E-state index is 12.3. The largest absolute Gasteiger partial charge is 0.361 e. The molecular weight excluding hydrogens is 350 g/mol. The Balaban J connectivity index is 1.48. The van der Waals surface area contributed by atoms with Crippen LogP contribution < -0.4 is 10.6 Å². The molecule has 0 unspecified atom stereocenters. The zero-order valence-corrected chi connectivity index (χ0v) is 15.8. The van der Waals surface area contributed by atoms with Gasteiger partial charge in [0.15, 0.2) is 5.13 Å². The van der Waals surface area contributed by atoms with Crippen LogP contribution in [0.4, 0.5) is 5.13 Å². The molecule has 0 bridgehead atoms. The standard InChI is InChI=1S/C19H21N3OS2/c1-14-17(18(23)20-12-10-16-8-5-13-24-16)25-19(22-14)21-11-9-15-6-3-2-4-7-15/h2-8,13H,9-12H2,1H3,(H,20,23)(H,21,22). The summed E-state index contributed by atoms with van der Waals surface area (Å²) in [7, 11) is 0. The van der Waals surface area contributed by atoms with Gasteiger partial charge in [-0.15, -0.1) is 11.3 Å². The van der Waals surface area contributed by atoms with Gasteiger partial charge >= 0.3 is 0 Å². The maximum Gasteiger partial charge on any atom is 0.263 e. The van der Waals surface area contributed by atoms with Crippen LogP contribution in [-0.4, -0.2) is 24.0 Å². The van der Waals surface area contributed by atoms with Crippen molar-refractivity contribution in [2.45, 2.75) is 19.8 Å². The number of carbonyl (C=O) groups is 1. The number of thiophene rings is 1. The van der Waals surface area contributed by atoms with E-state index in [0.29, 0.717) is 11.4 Å². The van der Waals surface area contributed by atoms with Crippen molar-refractivity contribution < 1.29 is 4.79 Å². The fraction of sp³-hybridized carbons (Fsp3) is 0.263. The predicted octanol–water partition coefficient (Wildman–Crippen LogP) is 4.14. The molecule has 0 radical (unpaired) electrons. The third kappa shape index (κ3) is 5.14. The Labute approximate surface area is 155 Å². The second-order valence-corrected chi connectivity index (χ2v) is 7.71. The summed E-state index contributed by atoms with van der Waals surface area (Å²) in [6.45, 7) is 3.33. The lowest BCUT2D eigenvalue weighted by Crippen LogP contribution is -2.25. The summed E-state index contributed by atoms with van der Waals surface area (Å²) in [6.07, 6.45) is 1.80. The van der Waals surface area contributed by atoms with Gasteiger partial charge in [0.25, 0.3) is 5.91 Å². The van der Waals surface area contributed by atoms with E-state index in [9.17, 15) is 4.79 Å². The number of hydrogen-bond acceptors (Lipinski definition) is 5. The number of hydrogen-bond donors (Lipinski definition) is 2. The Kier molecular flexibility index (Phi) is 6.19. The first kappa shape index (κ1) is 17.6. The highest BCUT2D eigenvalue weighted by atomic mass is 32.1. The van der Waals surface area contributed by atoms with Crippen LogP contribution in [0.3, 0.4) is 0 Å². The Morgan fingerprint density at radius 3 is 2.68 bits per heavy atom. The van der Waals surface area contributed by atoms with Gasteiger partial charge in [-0.1, -0.05) is 47.7 Å². The van der Waals surface area contributed by atoms with Crippen LogP contribution in [-0.2, 0) is 12.8 Å². The molecular formula is C19H21N3OS2. The smallest absolute Gasteiger partial charge is 0.263 e. The normalized spacial score (nSPS) is 10.6. The van der Waals surface area contributed by atoms with Crippen LogP contribution in [0.25, 0.3) is 0 Å². The number of thiazole rings is 1. The lowest BCUT2D eigenvalue weighted by atomic mass is 10.2. The Hall–Kier alpha value is -2.18. The number of nitrogens with one attached hydrogen (secondary N) is 2. The average Bonchev–Trinajstić information content (AvgIpc) is 3.25. The SMILES string of the molecule is Cc1nc(NCCc2ccccc2)sc1C(=O)NCCc1cccs1. The summed E-state index contributed by atoms with van der Waals surface area (Å²) in [4.78, 5) is 18.8. The van der Waals surface area contributed by atoms with Crippen molar-refractivity contribution in [2.75, 3.05) is 18.4 Å². The van der Waals surface area contributed by atoms with Gasteiger partial charge in [0.05, 0.1) is 5.69 Å². The van der Waals surface area contributed by atoms with Gasteiger partial charge in [-0.3, -0.25) is 4.79 Å². The van der Waals surface area contributed by atoms with Crippen molar-refractivity contribution in [3.8, 4) is 0 Å². The highest BCUT2D eigenvalue weighted by Crippen LogP contribution is 2.22. The predicted molar refractivity (Wildman–Crippen MR) is 106 cm³/mol. The topological polar surface area (TPSA) is 54.0 Å². The summed E-state index contributed by atoms with van der Waals surface area (Å²) < 4.78 is 0. The third-order valence-electron chi connectivity index (χ3n) is 3.77. The zero-order chi connectivity index (χ0) is 17.5. The first-order chi connectivity index (χ1) is 12.2. The van der Waals surface area contributed by atoms with Crippen LogP contribution in [0.2, 0.25) is 0 Å². The molecule has 3 aromatic rings. The summed E-state index contributed by atoms with van der Waals surface area (Å²) in [5, 5.41) is 9.16. The highest BCUT2D eigenvalue weighted by Gasteiger charge is 2.14. The fourth-order valence-corrected chi connectivity index (χ4v) is 4.09. The summed E-state index contributed by atoms with van der Waals surface area (Å²) in [6, 6.07) is 14.4. The second-order valence-electron chi connectivity index (χ2n) is 5.68. The molecule has 1 aromatic carbocycles. The summed E-state index contributed by atoms with van der Waals surface area (Å²) in [5.41, 5.74) is 2.07. The van der Waals surface area contributed by atoms with Crippen LogP contribution in [0.15, 0.2) is 47.8 Å². The van der Waals surface area contributed by atoms with Crippen LogP contribution in [0.1, 0.15) is 25.8 Å². The molecule has 1 amide bonds. The molecule has 0 saturated carbocycles. The molecule has 2 N–H and O–H groups in total. The molecule has 0 aliphatic carbocycles. The quantitative estimate of drug-likeness (QED) is 0.626. The van der Waals surface area contributed by atoms with Gasteiger partial charge in [-0.2, -0.15) is 0 Å². The lowest BCUT2D eigenvalue weighted by molar-refractivity contribution is 0.0957. The number of carbonyl (C=O) groups excluding carboxylic acids is 1. The number of benzene rings is 1. The Morgan fingerprint density at radius 1 is 1.08 bits per heavy atom. The van der Waals surface area contributed by atoms with E-state index in [1.165, 1.54) is 21.8 Å². The molecule has 6 heteroatoms. The van der Waals surface area contributed by atoms with E-state index >= 15 is 0 Å². The van der Waals surface area contributed by atoms with Gasteiger partial charge in [0, 0.05) is 18.0 Å². The molecule has 2 heterocycles. The Morgan fingerprint density at radius 2 is 1.92 bits per heavy atom. The van der Waals surface area contributed by atoms with Gasteiger partial charge in [-0.25, -0.2) is 4.98 Å². The lowest BCUT2D eigenvalue weighted by Gasteiger charge is -2.03. The number of aryl methyl sites for hydroxylation is 1. The monoisotopic (exact) mass is 371 g/mol. The van der Waals surface area contributed by atoms with Gasteiger partial charge in [-0.05, 0) is 36.8 Å². The Bertz CT molecular complexity index is 797. The molecule has 130 valence electrons. The average molecular weight is 372 g/mol. The van der Waals surface area contributed by atoms with Gasteiger partial charge < -0.3 is 10.6 Å². The van der Waals surface area contributed by atoms with E-state index in [1.54, 1.807) is 11.3 Å². The maximum absolute atomic E-state index is 12.3. The summed E-state index contributed by atoms with van der Waals surface area (Å²) in [5.74, 6) is -0.0392. The minimum Gasteiger partial charge on any atom is -0.361 e. The van der Waals surface area contributed by atoms with E-state index in [2.05, 4.69) is 39.2 Å². The summed E-state index contributed by atoms with van der Waals surface area (Å²) >= 11 is 3.13. The molecule has 0 atom stereocenters. The van der Waals surface area contributed by atoms with E-state index < -0.39 is 0 Å². The van der Waals surface area contributed by atoms with Gasteiger partial charge in [0.2, 0.25) is 0 Å². The minimum absolute atomic E-state index is 0.0392. The molecule has 4 nitrogen and oxygen atoms in total. The van der Waals surface area contributed by atoms with E-state index in [-0.39, 0.29) is 5.91 Å². The van der Waals surface area contributed by atoms with Crippen molar-refractivity contribution in [3.63, 3.8) is 0 Å². The highest BCUT2D eigenvalue weighted by molar-refractivity contribution is 7.17. The molecule has 0 aliphatic rings. The van der Waals surface area contributed by atoms with Crippen molar-refractivity contribution in [2.24, 2.45) is 0 Å². The van der Waals surface area contributed by atoms with Crippen LogP contribution in [0.5, 0.6) is 0 Å². The number of rotatable bonds is 8. The minimum atomic E-state index is -0.0392. The molecule has 0 aliphatic heterocycles. The zero-order valence-electron chi connectivity index (χ0n) is 14.1. The van der Waals surface area contributed by atoms with Crippen molar-refractivity contribution in [3.05, 3.63) is 68.9 Å². The first-order valence-corrected chi connectivity index (χ1v) is 9.98. The van der Waals surface area contributed by atoms with Crippen molar-refractivity contribution in [1.29, 1.82) is 0 Å². The van der Waals surface area contributed by atoms with E-state index in [4.69, 9.17) is 0 Å². The van der Waals surface area contributed by atoms with Crippen LogP contribution in [0, 0.1) is 6.92 Å². The molecule has 0 fully saturated rings. The van der Waals surface area contributed by atoms with E-state index in [1.807, 2.05) is 31.2 Å². The molecule has 0 spiro atoms. The molecule has 25 heavy (non-hydrogen) atoms. The number of amides is 1. The number of anilines is 1. The van der Waals surface area contributed by atoms with Gasteiger partial charge in [0.1, 0.15) is 4.88 Å². The number of nitrogens with zero attached hydrogens (tertiary/aromatic N) is 1. The molecule has 2 aromatic heterocycles. The molecule has 3 rings (SSSR count). The van der Waals surface area contributed by atoms with Crippen LogP contribution >= 0.6 is 22.7 Å². The number of aromatic nitrogens is 1. The van der Waals surface area contributed by atoms with Crippen molar-refractivity contribution in [1.82, 2.24) is 10.3 Å². The van der Waals surface area contributed by atoms with E-state index in [0.717, 1.165) is 30.2 Å². The molecule has 0 saturated heterocycles. The third-order valence-corrected chi connectivity index (χ3v) is 5.82. The van der Waals surface area contributed by atoms with Crippen molar-refractivity contribution >= 4 is 33.7 Å². The fourth-order valence-electron chi connectivity index (χ4n) is 2.48. The first-order valence-electron chi connectivity index (χ1n) is 8.28. The second kappa shape index (κ2) is 8.78.